The van der Waals surface area contributed by atoms with E-state index in [9.17, 15) is 9.59 Å². The number of anilines is 1. The van der Waals surface area contributed by atoms with E-state index in [-0.39, 0.29) is 18.6 Å². The molecule has 0 unspecified atom stereocenters. The second-order valence-electron chi connectivity index (χ2n) is 6.50. The number of nitrogens with one attached hydrogen (secondary N) is 1. The summed E-state index contributed by atoms with van der Waals surface area (Å²) >= 11 is 0. The largest absolute Gasteiger partial charge is 0.459 e. The van der Waals surface area contributed by atoms with Gasteiger partial charge in [-0.2, -0.15) is 0 Å². The molecule has 0 spiro atoms. The molecule has 0 aliphatic heterocycles. The van der Waals surface area contributed by atoms with E-state index in [0.717, 1.165) is 16.7 Å². The van der Waals surface area contributed by atoms with Gasteiger partial charge in [-0.05, 0) is 37.3 Å². The third-order valence-electron chi connectivity index (χ3n) is 4.18. The van der Waals surface area contributed by atoms with Crippen LogP contribution in [0.3, 0.4) is 0 Å². The number of hydrogen-bond donors (Lipinski definition) is 1. The summed E-state index contributed by atoms with van der Waals surface area (Å²) in [5.74, 6) is -0.278. The molecule has 6 nitrogen and oxygen atoms in total. The van der Waals surface area contributed by atoms with Gasteiger partial charge in [0.2, 0.25) is 0 Å². The van der Waals surface area contributed by atoms with Crippen LogP contribution in [-0.4, -0.2) is 32.6 Å². The molecule has 6 heteroatoms. The summed E-state index contributed by atoms with van der Waals surface area (Å²) in [6, 6.07) is 16.2. The van der Waals surface area contributed by atoms with Gasteiger partial charge in [0.15, 0.2) is 6.61 Å². The number of amides is 1. The summed E-state index contributed by atoms with van der Waals surface area (Å²) in [5.41, 5.74) is 2.05. The van der Waals surface area contributed by atoms with Crippen LogP contribution in [0.5, 0.6) is 0 Å². The lowest BCUT2D eigenvalue weighted by molar-refractivity contribution is -0.125. The Bertz CT molecular complexity index is 928. The van der Waals surface area contributed by atoms with Gasteiger partial charge < -0.3 is 19.4 Å². The van der Waals surface area contributed by atoms with Crippen LogP contribution in [-0.2, 0) is 9.53 Å². The molecule has 3 aromatic rings. The predicted molar refractivity (Wildman–Crippen MR) is 104 cm³/mol. The van der Waals surface area contributed by atoms with Gasteiger partial charge in [0.1, 0.15) is 11.3 Å². The molecular weight excluding hydrogens is 344 g/mol. The van der Waals surface area contributed by atoms with Crippen LogP contribution < -0.4 is 10.2 Å². The minimum Gasteiger partial charge on any atom is -0.459 e. The highest BCUT2D eigenvalue weighted by molar-refractivity contribution is 5.92. The number of nitrogens with zero attached hydrogens (tertiary/aromatic N) is 1. The number of para-hydroxylation sites is 1. The smallest absolute Gasteiger partial charge is 0.338 e. The first kappa shape index (κ1) is 18.5. The Balaban J connectivity index is 1.56. The summed E-state index contributed by atoms with van der Waals surface area (Å²) in [4.78, 5) is 26.2. The lowest BCUT2D eigenvalue weighted by Gasteiger charge is -2.14. The number of ether oxygens (including phenoxy) is 1. The van der Waals surface area contributed by atoms with Crippen molar-refractivity contribution in [2.75, 3.05) is 25.6 Å². The van der Waals surface area contributed by atoms with Gasteiger partial charge >= 0.3 is 5.97 Å². The Morgan fingerprint density at radius 3 is 2.63 bits per heavy atom. The zero-order chi connectivity index (χ0) is 19.4. The van der Waals surface area contributed by atoms with E-state index in [1.165, 1.54) is 0 Å². The van der Waals surface area contributed by atoms with Gasteiger partial charge in [0, 0.05) is 25.2 Å². The van der Waals surface area contributed by atoms with E-state index in [1.807, 2.05) is 62.3 Å². The van der Waals surface area contributed by atoms with Crippen LogP contribution in [0.15, 0.2) is 59.0 Å². The molecule has 0 fully saturated rings. The molecule has 0 bridgehead atoms. The number of carbonyl (C=O) groups excluding carboxylic acids is 2. The van der Waals surface area contributed by atoms with Gasteiger partial charge in [-0.25, -0.2) is 4.79 Å². The monoisotopic (exact) mass is 366 g/mol. The Hall–Kier alpha value is -3.28. The second kappa shape index (κ2) is 7.95. The van der Waals surface area contributed by atoms with Crippen LogP contribution in [0.2, 0.25) is 0 Å². The standard InChI is InChI=1S/C21H22N2O4/c1-14(19-12-15-7-4-5-10-18(15)27-19)22-20(24)13-26-21(25)16-8-6-9-17(11-16)23(2)3/h4-12,14H,13H2,1-3H3,(H,22,24)/t14-/m1/s1. The first-order valence-corrected chi connectivity index (χ1v) is 8.66. The molecule has 0 saturated heterocycles. The summed E-state index contributed by atoms with van der Waals surface area (Å²) < 4.78 is 10.9. The summed E-state index contributed by atoms with van der Waals surface area (Å²) in [6.07, 6.45) is 0. The van der Waals surface area contributed by atoms with Gasteiger partial charge in [0.05, 0.1) is 11.6 Å². The number of benzene rings is 2. The van der Waals surface area contributed by atoms with Gasteiger partial charge in [0.25, 0.3) is 5.91 Å². The molecule has 0 aliphatic rings. The number of esters is 1. The Morgan fingerprint density at radius 1 is 1.11 bits per heavy atom. The van der Waals surface area contributed by atoms with Crippen molar-refractivity contribution in [1.82, 2.24) is 5.32 Å². The van der Waals surface area contributed by atoms with Crippen LogP contribution in [0.4, 0.5) is 5.69 Å². The van der Waals surface area contributed by atoms with E-state index in [0.29, 0.717) is 11.3 Å². The highest BCUT2D eigenvalue weighted by Gasteiger charge is 2.16. The summed E-state index contributed by atoms with van der Waals surface area (Å²) in [6.45, 7) is 1.47. The Labute approximate surface area is 157 Å². The van der Waals surface area contributed by atoms with Crippen molar-refractivity contribution in [2.45, 2.75) is 13.0 Å². The van der Waals surface area contributed by atoms with Gasteiger partial charge in [-0.1, -0.05) is 24.3 Å². The molecule has 0 radical (unpaired) electrons. The molecule has 140 valence electrons. The van der Waals surface area contributed by atoms with Crippen LogP contribution >= 0.6 is 0 Å². The van der Waals surface area contributed by atoms with E-state index >= 15 is 0 Å². The minimum absolute atomic E-state index is 0.333. The lowest BCUT2D eigenvalue weighted by atomic mass is 10.2. The van der Waals surface area contributed by atoms with Crippen LogP contribution in [0.25, 0.3) is 11.0 Å². The van der Waals surface area contributed by atoms with Crippen LogP contribution in [0, 0.1) is 0 Å². The maximum absolute atomic E-state index is 12.2. The summed E-state index contributed by atoms with van der Waals surface area (Å²) in [5, 5.41) is 3.75. The van der Waals surface area contributed by atoms with E-state index < -0.39 is 5.97 Å². The maximum Gasteiger partial charge on any atom is 0.338 e. The fourth-order valence-corrected chi connectivity index (χ4v) is 2.70. The zero-order valence-electron chi connectivity index (χ0n) is 15.6. The van der Waals surface area contributed by atoms with E-state index in [2.05, 4.69) is 5.32 Å². The van der Waals surface area contributed by atoms with Gasteiger partial charge in [-0.3, -0.25) is 4.79 Å². The maximum atomic E-state index is 12.2. The molecule has 2 aromatic carbocycles. The molecule has 1 heterocycles. The minimum atomic E-state index is -0.537. The molecule has 1 atom stereocenters. The lowest BCUT2D eigenvalue weighted by Crippen LogP contribution is -2.31. The molecule has 1 amide bonds. The molecule has 1 aromatic heterocycles. The Morgan fingerprint density at radius 2 is 1.89 bits per heavy atom. The molecule has 0 saturated carbocycles. The average molecular weight is 366 g/mol. The zero-order valence-corrected chi connectivity index (χ0v) is 15.6. The fraction of sp³-hybridized carbons (Fsp3) is 0.238. The molecule has 0 aliphatic carbocycles. The highest BCUT2D eigenvalue weighted by Crippen LogP contribution is 2.23. The number of furan rings is 1. The molecule has 1 N–H and O–H groups in total. The second-order valence-corrected chi connectivity index (χ2v) is 6.50. The SMILES string of the molecule is C[C@@H](NC(=O)COC(=O)c1cccc(N(C)C)c1)c1cc2ccccc2o1. The van der Waals surface area contributed by atoms with Crippen molar-refractivity contribution in [3.8, 4) is 0 Å². The van der Waals surface area contributed by atoms with Crippen molar-refractivity contribution in [2.24, 2.45) is 0 Å². The van der Waals surface area contributed by atoms with Crippen molar-refractivity contribution < 1.29 is 18.7 Å². The number of carbonyl (C=O) groups is 2. The molecule has 3 rings (SSSR count). The quantitative estimate of drug-likeness (QED) is 0.676. The first-order chi connectivity index (χ1) is 12.9. The fourth-order valence-electron chi connectivity index (χ4n) is 2.70. The number of rotatable bonds is 6. The van der Waals surface area contributed by atoms with Crippen molar-refractivity contribution in [3.63, 3.8) is 0 Å². The summed E-state index contributed by atoms with van der Waals surface area (Å²) in [7, 11) is 3.77. The first-order valence-electron chi connectivity index (χ1n) is 8.66. The predicted octanol–water partition coefficient (Wildman–Crippen LogP) is 3.53. The Kier molecular flexibility index (Phi) is 5.45. The van der Waals surface area contributed by atoms with E-state index in [4.69, 9.17) is 9.15 Å². The van der Waals surface area contributed by atoms with Crippen molar-refractivity contribution in [1.29, 1.82) is 0 Å². The average Bonchev–Trinajstić information content (AvgIpc) is 3.10. The van der Waals surface area contributed by atoms with Crippen molar-refractivity contribution in [3.05, 3.63) is 65.9 Å². The highest BCUT2D eigenvalue weighted by atomic mass is 16.5. The van der Waals surface area contributed by atoms with Crippen molar-refractivity contribution >= 4 is 28.5 Å². The topological polar surface area (TPSA) is 71.8 Å². The number of fused-ring (bicyclic) bond motifs is 1. The van der Waals surface area contributed by atoms with E-state index in [1.54, 1.807) is 18.2 Å². The molecular formula is C21H22N2O4. The third-order valence-corrected chi connectivity index (χ3v) is 4.18. The van der Waals surface area contributed by atoms with Gasteiger partial charge in [-0.15, -0.1) is 0 Å². The third kappa shape index (κ3) is 4.47. The number of hydrogen-bond acceptors (Lipinski definition) is 5. The normalized spacial score (nSPS) is 11.8. The molecule has 27 heavy (non-hydrogen) atoms. The van der Waals surface area contributed by atoms with Crippen LogP contribution in [0.1, 0.15) is 29.1 Å².